The van der Waals surface area contributed by atoms with E-state index in [9.17, 15) is 0 Å². The molecule has 0 fully saturated rings. The molecule has 0 spiro atoms. The van der Waals surface area contributed by atoms with Crippen molar-refractivity contribution < 1.29 is 4.74 Å². The molecule has 0 N–H and O–H groups in total. The molecule has 0 aromatic carbocycles. The maximum Gasteiger partial charge on any atom is 0.207 e. The van der Waals surface area contributed by atoms with E-state index >= 15 is 0 Å². The molecule has 60 valence electrons. The van der Waals surface area contributed by atoms with Gasteiger partial charge in [-0.25, -0.2) is 0 Å². The fourth-order valence-corrected chi connectivity index (χ4v) is 1.33. The number of hydrogen-bond donors (Lipinski definition) is 0. The SMILES string of the molecule is C=CCOCc1nnc(Cl)s1. The Labute approximate surface area is 73.7 Å². The predicted molar refractivity (Wildman–Crippen MR) is 44.8 cm³/mol. The Morgan fingerprint density at radius 1 is 1.64 bits per heavy atom. The van der Waals surface area contributed by atoms with Crippen LogP contribution in [0, 0.1) is 0 Å². The smallest absolute Gasteiger partial charge is 0.207 e. The van der Waals surface area contributed by atoms with Crippen LogP contribution in [0.1, 0.15) is 5.01 Å². The van der Waals surface area contributed by atoms with Gasteiger partial charge in [0.1, 0.15) is 11.6 Å². The quantitative estimate of drug-likeness (QED) is 0.537. The molecule has 1 rings (SSSR count). The second kappa shape index (κ2) is 4.43. The summed E-state index contributed by atoms with van der Waals surface area (Å²) < 4.78 is 5.56. The first kappa shape index (κ1) is 8.64. The Bertz CT molecular complexity index is 238. The number of ether oxygens (including phenoxy) is 1. The molecule has 0 radical (unpaired) electrons. The summed E-state index contributed by atoms with van der Waals surface area (Å²) in [7, 11) is 0. The highest BCUT2D eigenvalue weighted by molar-refractivity contribution is 7.15. The summed E-state index contributed by atoms with van der Waals surface area (Å²) in [6, 6.07) is 0. The fraction of sp³-hybridized carbons (Fsp3) is 0.333. The number of rotatable bonds is 4. The van der Waals surface area contributed by atoms with Gasteiger partial charge in [-0.1, -0.05) is 17.4 Å². The molecule has 0 aliphatic rings. The van der Waals surface area contributed by atoms with Crippen molar-refractivity contribution in [2.45, 2.75) is 6.61 Å². The number of nitrogens with zero attached hydrogens (tertiary/aromatic N) is 2. The fourth-order valence-electron chi connectivity index (χ4n) is 0.521. The van der Waals surface area contributed by atoms with Crippen LogP contribution in [-0.2, 0) is 11.3 Å². The average molecular weight is 191 g/mol. The van der Waals surface area contributed by atoms with Gasteiger partial charge in [0, 0.05) is 0 Å². The lowest BCUT2D eigenvalue weighted by molar-refractivity contribution is 0.148. The lowest BCUT2D eigenvalue weighted by Gasteiger charge is -1.93. The molecule has 0 saturated heterocycles. The van der Waals surface area contributed by atoms with Crippen LogP contribution in [0.2, 0.25) is 4.47 Å². The van der Waals surface area contributed by atoms with Crippen molar-refractivity contribution in [1.29, 1.82) is 0 Å². The van der Waals surface area contributed by atoms with Crippen molar-refractivity contribution in [1.82, 2.24) is 10.2 Å². The van der Waals surface area contributed by atoms with E-state index in [1.807, 2.05) is 0 Å². The second-order valence-electron chi connectivity index (χ2n) is 1.75. The first-order chi connectivity index (χ1) is 5.33. The van der Waals surface area contributed by atoms with Crippen LogP contribution in [0.5, 0.6) is 0 Å². The predicted octanol–water partition coefficient (Wildman–Crippen LogP) is 1.89. The Balaban J connectivity index is 2.32. The molecular formula is C6H7ClN2OS. The molecule has 0 aliphatic carbocycles. The number of hydrogen-bond acceptors (Lipinski definition) is 4. The molecule has 3 nitrogen and oxygen atoms in total. The van der Waals surface area contributed by atoms with Gasteiger partial charge in [0.05, 0.1) is 6.61 Å². The minimum absolute atomic E-state index is 0.446. The van der Waals surface area contributed by atoms with Crippen molar-refractivity contribution in [2.75, 3.05) is 6.61 Å². The van der Waals surface area contributed by atoms with Gasteiger partial charge in [-0.2, -0.15) is 0 Å². The van der Waals surface area contributed by atoms with Gasteiger partial charge < -0.3 is 4.74 Å². The molecule has 0 saturated carbocycles. The third-order valence-corrected chi connectivity index (χ3v) is 1.90. The first-order valence-corrected chi connectivity index (χ1v) is 4.19. The zero-order chi connectivity index (χ0) is 8.10. The number of halogens is 1. The zero-order valence-corrected chi connectivity index (χ0v) is 7.36. The lowest BCUT2D eigenvalue weighted by atomic mass is 10.7. The van der Waals surface area contributed by atoms with Gasteiger partial charge >= 0.3 is 0 Å². The van der Waals surface area contributed by atoms with E-state index in [1.54, 1.807) is 6.08 Å². The van der Waals surface area contributed by atoms with Crippen LogP contribution in [0.3, 0.4) is 0 Å². The summed E-state index contributed by atoms with van der Waals surface area (Å²) in [5.41, 5.74) is 0. The summed E-state index contributed by atoms with van der Waals surface area (Å²) in [6.45, 7) is 4.49. The molecule has 11 heavy (non-hydrogen) atoms. The average Bonchev–Trinajstić information content (AvgIpc) is 2.37. The second-order valence-corrected chi connectivity index (χ2v) is 3.40. The monoisotopic (exact) mass is 190 g/mol. The molecule has 1 aromatic rings. The van der Waals surface area contributed by atoms with E-state index in [0.29, 0.717) is 17.7 Å². The van der Waals surface area contributed by atoms with Crippen molar-refractivity contribution in [3.63, 3.8) is 0 Å². The molecule has 0 amide bonds. The summed E-state index contributed by atoms with van der Waals surface area (Å²) >= 11 is 6.86. The molecular weight excluding hydrogens is 184 g/mol. The normalized spacial score (nSPS) is 9.91. The lowest BCUT2D eigenvalue weighted by Crippen LogP contribution is -1.91. The van der Waals surface area contributed by atoms with Crippen molar-refractivity contribution in [3.8, 4) is 0 Å². The Morgan fingerprint density at radius 2 is 2.45 bits per heavy atom. The van der Waals surface area contributed by atoms with Crippen molar-refractivity contribution in [2.24, 2.45) is 0 Å². The highest BCUT2D eigenvalue weighted by Crippen LogP contribution is 2.15. The Hall–Kier alpha value is -0.450. The van der Waals surface area contributed by atoms with Crippen molar-refractivity contribution in [3.05, 3.63) is 22.1 Å². The topological polar surface area (TPSA) is 35.0 Å². The molecule has 1 aromatic heterocycles. The first-order valence-electron chi connectivity index (χ1n) is 2.99. The maximum atomic E-state index is 5.54. The van der Waals surface area contributed by atoms with Crippen molar-refractivity contribution >= 4 is 22.9 Å². The molecule has 0 bridgehead atoms. The van der Waals surface area contributed by atoms with Crippen LogP contribution in [0.15, 0.2) is 12.7 Å². The Kier molecular flexibility index (Phi) is 3.48. The maximum absolute atomic E-state index is 5.54. The van der Waals surface area contributed by atoms with Gasteiger partial charge in [0.2, 0.25) is 4.47 Å². The van der Waals surface area contributed by atoms with Crippen LogP contribution < -0.4 is 0 Å². The van der Waals surface area contributed by atoms with Crippen LogP contribution in [0.4, 0.5) is 0 Å². The standard InChI is InChI=1S/C6H7ClN2OS/c1-2-3-10-4-5-8-9-6(7)11-5/h2H,1,3-4H2. The van der Waals surface area contributed by atoms with E-state index in [0.717, 1.165) is 5.01 Å². The van der Waals surface area contributed by atoms with Gasteiger partial charge in [0.15, 0.2) is 0 Å². The largest absolute Gasteiger partial charge is 0.370 e. The molecule has 1 heterocycles. The summed E-state index contributed by atoms with van der Waals surface area (Å²) in [6.07, 6.45) is 1.68. The molecule has 0 atom stereocenters. The van der Waals surface area contributed by atoms with Gasteiger partial charge in [-0.15, -0.1) is 16.8 Å². The third kappa shape index (κ3) is 2.96. The summed E-state index contributed by atoms with van der Waals surface area (Å²) in [4.78, 5) is 0. The summed E-state index contributed by atoms with van der Waals surface area (Å²) in [5.74, 6) is 0. The van der Waals surface area contributed by atoms with E-state index in [2.05, 4.69) is 16.8 Å². The van der Waals surface area contributed by atoms with Gasteiger partial charge in [0.25, 0.3) is 0 Å². The van der Waals surface area contributed by atoms with Gasteiger partial charge in [-0.3, -0.25) is 0 Å². The summed E-state index contributed by atoms with van der Waals surface area (Å²) in [5, 5.41) is 8.18. The number of aromatic nitrogens is 2. The minimum atomic E-state index is 0.446. The van der Waals surface area contributed by atoms with Crippen LogP contribution in [-0.4, -0.2) is 16.8 Å². The highest BCUT2D eigenvalue weighted by Gasteiger charge is 1.99. The van der Waals surface area contributed by atoms with Crippen LogP contribution in [0.25, 0.3) is 0 Å². The van der Waals surface area contributed by atoms with E-state index < -0.39 is 0 Å². The van der Waals surface area contributed by atoms with E-state index in [4.69, 9.17) is 16.3 Å². The highest BCUT2D eigenvalue weighted by atomic mass is 35.5. The zero-order valence-electron chi connectivity index (χ0n) is 5.79. The third-order valence-electron chi connectivity index (χ3n) is 0.903. The van der Waals surface area contributed by atoms with E-state index in [1.165, 1.54) is 11.3 Å². The molecule has 0 unspecified atom stereocenters. The molecule has 0 aliphatic heterocycles. The Morgan fingerprint density at radius 3 is 3.00 bits per heavy atom. The van der Waals surface area contributed by atoms with E-state index in [-0.39, 0.29) is 0 Å². The minimum Gasteiger partial charge on any atom is -0.370 e. The molecule has 5 heteroatoms. The van der Waals surface area contributed by atoms with Gasteiger partial charge in [-0.05, 0) is 11.6 Å². The van der Waals surface area contributed by atoms with Crippen LogP contribution >= 0.6 is 22.9 Å².